The van der Waals surface area contributed by atoms with Gasteiger partial charge in [0.1, 0.15) is 0 Å². The zero-order valence-electron chi connectivity index (χ0n) is 15.7. The minimum atomic E-state index is -0.655. The van der Waals surface area contributed by atoms with E-state index in [1.165, 1.54) is 6.20 Å². The van der Waals surface area contributed by atoms with Gasteiger partial charge in [0.05, 0.1) is 16.7 Å². The molecule has 4 aromatic rings. The highest BCUT2D eigenvalue weighted by Crippen LogP contribution is 2.20. The molecule has 0 saturated heterocycles. The molecule has 0 atom stereocenters. The van der Waals surface area contributed by atoms with Crippen molar-refractivity contribution in [3.8, 4) is 0 Å². The van der Waals surface area contributed by atoms with Crippen molar-refractivity contribution < 1.29 is 14.4 Å². The third-order valence-corrected chi connectivity index (χ3v) is 4.47. The number of benzene rings is 3. The van der Waals surface area contributed by atoms with Crippen LogP contribution >= 0.6 is 0 Å². The molecule has 30 heavy (non-hydrogen) atoms. The number of anilines is 2. The molecular formula is C23H16N4O3. The smallest absolute Gasteiger partial charge is 0.307 e. The first-order chi connectivity index (χ1) is 14.7. The summed E-state index contributed by atoms with van der Waals surface area (Å²) in [5.41, 5.74) is 2.94. The highest BCUT2D eigenvalue weighted by atomic mass is 16.2. The SMILES string of the molecule is O=CN(C(=O)Nc1cccc(C(=O)c2ccccc2)c1)c1ccc2nccnc2c1. The molecule has 4 rings (SSSR count). The molecule has 0 spiro atoms. The normalized spacial score (nSPS) is 10.4. The van der Waals surface area contributed by atoms with Gasteiger partial charge in [0.2, 0.25) is 6.41 Å². The van der Waals surface area contributed by atoms with Crippen LogP contribution in [0.2, 0.25) is 0 Å². The van der Waals surface area contributed by atoms with E-state index < -0.39 is 6.03 Å². The number of nitrogens with zero attached hydrogens (tertiary/aromatic N) is 3. The molecule has 0 radical (unpaired) electrons. The van der Waals surface area contributed by atoms with E-state index in [0.717, 1.165) is 4.90 Å². The Morgan fingerprint density at radius 3 is 2.30 bits per heavy atom. The topological polar surface area (TPSA) is 92.3 Å². The number of nitrogens with one attached hydrogen (secondary N) is 1. The maximum atomic E-state index is 12.7. The van der Waals surface area contributed by atoms with E-state index in [9.17, 15) is 14.4 Å². The largest absolute Gasteiger partial charge is 0.332 e. The molecule has 0 aliphatic carbocycles. The van der Waals surface area contributed by atoms with Gasteiger partial charge in [-0.25, -0.2) is 9.69 Å². The molecular weight excluding hydrogens is 380 g/mol. The Balaban J connectivity index is 1.56. The summed E-state index contributed by atoms with van der Waals surface area (Å²) in [5, 5.41) is 2.65. The van der Waals surface area contributed by atoms with E-state index in [1.807, 2.05) is 6.07 Å². The molecule has 0 bridgehead atoms. The lowest BCUT2D eigenvalue weighted by Gasteiger charge is -2.17. The van der Waals surface area contributed by atoms with Gasteiger partial charge in [-0.3, -0.25) is 19.6 Å². The van der Waals surface area contributed by atoms with Crippen LogP contribution in [0.1, 0.15) is 15.9 Å². The Morgan fingerprint density at radius 1 is 0.800 bits per heavy atom. The van der Waals surface area contributed by atoms with E-state index in [0.29, 0.717) is 39.9 Å². The van der Waals surface area contributed by atoms with Gasteiger partial charge in [-0.05, 0) is 30.3 Å². The molecule has 3 amide bonds. The Bertz CT molecular complexity index is 1240. The summed E-state index contributed by atoms with van der Waals surface area (Å²) in [5.74, 6) is -0.160. The summed E-state index contributed by atoms with van der Waals surface area (Å²) < 4.78 is 0. The Morgan fingerprint density at radius 2 is 1.53 bits per heavy atom. The number of hydrogen-bond acceptors (Lipinski definition) is 5. The van der Waals surface area contributed by atoms with Crippen LogP contribution in [0.3, 0.4) is 0 Å². The second-order valence-electron chi connectivity index (χ2n) is 6.41. The lowest BCUT2D eigenvalue weighted by atomic mass is 10.0. The minimum absolute atomic E-state index is 0.160. The first kappa shape index (κ1) is 18.9. The fraction of sp³-hybridized carbons (Fsp3) is 0. The molecule has 0 aliphatic heterocycles. The number of aromatic nitrogens is 2. The third-order valence-electron chi connectivity index (χ3n) is 4.47. The molecule has 0 aliphatic rings. The number of rotatable bonds is 5. The predicted molar refractivity (Wildman–Crippen MR) is 113 cm³/mol. The summed E-state index contributed by atoms with van der Waals surface area (Å²) in [6, 6.07) is 19.7. The monoisotopic (exact) mass is 396 g/mol. The van der Waals surface area contributed by atoms with Crippen LogP contribution in [0.25, 0.3) is 11.0 Å². The lowest BCUT2D eigenvalue weighted by molar-refractivity contribution is -0.106. The summed E-state index contributed by atoms with van der Waals surface area (Å²) in [6.45, 7) is 0. The van der Waals surface area contributed by atoms with Gasteiger partial charge in [0, 0.05) is 29.2 Å². The average molecular weight is 396 g/mol. The van der Waals surface area contributed by atoms with Crippen LogP contribution < -0.4 is 10.2 Å². The van der Waals surface area contributed by atoms with Crippen molar-refractivity contribution in [2.45, 2.75) is 0 Å². The zero-order chi connectivity index (χ0) is 20.9. The molecule has 7 nitrogen and oxygen atoms in total. The van der Waals surface area contributed by atoms with Gasteiger partial charge in [0.25, 0.3) is 0 Å². The second-order valence-corrected chi connectivity index (χ2v) is 6.41. The number of carbonyl (C=O) groups excluding carboxylic acids is 3. The van der Waals surface area contributed by atoms with Gasteiger partial charge in [-0.2, -0.15) is 0 Å². The van der Waals surface area contributed by atoms with Crippen molar-refractivity contribution in [2.75, 3.05) is 10.2 Å². The molecule has 1 N–H and O–H groups in total. The predicted octanol–water partition coefficient (Wildman–Crippen LogP) is 4.06. The highest BCUT2D eigenvalue weighted by molar-refractivity contribution is 6.13. The highest BCUT2D eigenvalue weighted by Gasteiger charge is 2.17. The molecule has 7 heteroatoms. The van der Waals surface area contributed by atoms with Gasteiger partial charge < -0.3 is 5.32 Å². The number of fused-ring (bicyclic) bond motifs is 1. The summed E-state index contributed by atoms with van der Waals surface area (Å²) in [4.78, 5) is 46.2. The number of carbonyl (C=O) groups is 3. The minimum Gasteiger partial charge on any atom is -0.307 e. The number of amides is 3. The van der Waals surface area contributed by atoms with Crippen molar-refractivity contribution in [3.05, 3.63) is 96.3 Å². The molecule has 146 valence electrons. The standard InChI is InChI=1S/C23H16N4O3/c28-15-27(19-9-10-20-21(14-19)25-12-11-24-20)23(30)26-18-8-4-7-17(13-18)22(29)16-5-2-1-3-6-16/h1-15H,(H,26,30). The average Bonchev–Trinajstić information content (AvgIpc) is 2.80. The van der Waals surface area contributed by atoms with Crippen molar-refractivity contribution >= 4 is 40.6 Å². The summed E-state index contributed by atoms with van der Waals surface area (Å²) in [7, 11) is 0. The molecule has 0 fully saturated rings. The molecule has 1 heterocycles. The molecule has 0 saturated carbocycles. The van der Waals surface area contributed by atoms with Crippen LogP contribution in [0.15, 0.2) is 85.2 Å². The second kappa shape index (κ2) is 8.32. The quantitative estimate of drug-likeness (QED) is 0.406. The zero-order valence-corrected chi connectivity index (χ0v) is 15.7. The first-order valence-electron chi connectivity index (χ1n) is 9.12. The Hall–Kier alpha value is -4.39. The maximum absolute atomic E-state index is 12.7. The Kier molecular flexibility index (Phi) is 5.25. The fourth-order valence-electron chi connectivity index (χ4n) is 3.01. The van der Waals surface area contributed by atoms with E-state index in [4.69, 9.17) is 0 Å². The van der Waals surface area contributed by atoms with Crippen molar-refractivity contribution in [2.24, 2.45) is 0 Å². The van der Waals surface area contributed by atoms with E-state index in [2.05, 4.69) is 15.3 Å². The van der Waals surface area contributed by atoms with Gasteiger partial charge in [-0.1, -0.05) is 42.5 Å². The van der Waals surface area contributed by atoms with Crippen molar-refractivity contribution in [3.63, 3.8) is 0 Å². The van der Waals surface area contributed by atoms with E-state index >= 15 is 0 Å². The number of urea groups is 1. The van der Waals surface area contributed by atoms with Gasteiger partial charge in [0.15, 0.2) is 5.78 Å². The number of ketones is 1. The van der Waals surface area contributed by atoms with Gasteiger partial charge in [-0.15, -0.1) is 0 Å². The van der Waals surface area contributed by atoms with Crippen molar-refractivity contribution in [1.29, 1.82) is 0 Å². The maximum Gasteiger partial charge on any atom is 0.332 e. The lowest BCUT2D eigenvalue weighted by Crippen LogP contribution is -2.33. The van der Waals surface area contributed by atoms with Crippen LogP contribution in [0, 0.1) is 0 Å². The van der Waals surface area contributed by atoms with Gasteiger partial charge >= 0.3 is 6.03 Å². The molecule has 3 aromatic carbocycles. The summed E-state index contributed by atoms with van der Waals surface area (Å²) >= 11 is 0. The fourth-order valence-corrected chi connectivity index (χ4v) is 3.01. The number of imide groups is 1. The van der Waals surface area contributed by atoms with Crippen molar-refractivity contribution in [1.82, 2.24) is 9.97 Å². The van der Waals surface area contributed by atoms with Crippen LogP contribution in [-0.4, -0.2) is 28.2 Å². The van der Waals surface area contributed by atoms with E-state index in [1.54, 1.807) is 72.9 Å². The molecule has 0 unspecified atom stereocenters. The Labute approximate surface area is 172 Å². The van der Waals surface area contributed by atoms with Crippen LogP contribution in [-0.2, 0) is 4.79 Å². The third kappa shape index (κ3) is 3.90. The number of hydrogen-bond donors (Lipinski definition) is 1. The van der Waals surface area contributed by atoms with Crippen LogP contribution in [0.5, 0.6) is 0 Å². The molecule has 1 aromatic heterocycles. The van der Waals surface area contributed by atoms with Crippen LogP contribution in [0.4, 0.5) is 16.2 Å². The first-order valence-corrected chi connectivity index (χ1v) is 9.12. The van der Waals surface area contributed by atoms with E-state index in [-0.39, 0.29) is 5.78 Å². The summed E-state index contributed by atoms with van der Waals surface area (Å²) in [6.07, 6.45) is 3.52.